The summed E-state index contributed by atoms with van der Waals surface area (Å²) in [4.78, 5) is 18.2. The molecule has 2 rings (SSSR count). The molecule has 5 nitrogen and oxygen atoms in total. The second-order valence-corrected chi connectivity index (χ2v) is 2.73. The van der Waals surface area contributed by atoms with E-state index in [-0.39, 0.29) is 1.43 Å². The Labute approximate surface area is 80.9 Å². The van der Waals surface area contributed by atoms with E-state index in [0.29, 0.717) is 5.69 Å². The standard InChI is InChI=1S/C9H7N3O2/c13-9(14)12-7-1-2-8-6(3-7)4-10-5-11-8/h1-5,12H,(H,13,14)/p+1. The average Bonchev–Trinajstić information content (AvgIpc) is 2.17. The lowest BCUT2D eigenvalue weighted by molar-refractivity contribution is 0.210. The largest absolute Gasteiger partial charge is 1.00 e. The van der Waals surface area contributed by atoms with Gasteiger partial charge in [0, 0.05) is 17.3 Å². The number of carbonyl (C=O) groups is 1. The number of amides is 1. The van der Waals surface area contributed by atoms with Crippen LogP contribution >= 0.6 is 0 Å². The summed E-state index contributed by atoms with van der Waals surface area (Å²) < 4.78 is 0. The molecular formula is C9H8N3O2+. The van der Waals surface area contributed by atoms with E-state index >= 15 is 0 Å². The predicted molar refractivity (Wildman–Crippen MR) is 52.3 cm³/mol. The Morgan fingerprint density at radius 1 is 1.50 bits per heavy atom. The number of anilines is 1. The average molecular weight is 190 g/mol. The van der Waals surface area contributed by atoms with Gasteiger partial charge in [-0.25, -0.2) is 14.8 Å². The molecule has 0 spiro atoms. The minimum absolute atomic E-state index is 0. The van der Waals surface area contributed by atoms with Crippen molar-refractivity contribution in [2.24, 2.45) is 0 Å². The number of rotatable bonds is 1. The van der Waals surface area contributed by atoms with Crippen molar-refractivity contribution in [3.63, 3.8) is 0 Å². The van der Waals surface area contributed by atoms with Gasteiger partial charge < -0.3 is 5.11 Å². The fourth-order valence-corrected chi connectivity index (χ4v) is 1.19. The lowest BCUT2D eigenvalue weighted by Crippen LogP contribution is -2.06. The molecule has 1 amide bonds. The third kappa shape index (κ3) is 1.61. The summed E-state index contributed by atoms with van der Waals surface area (Å²) in [5.41, 5.74) is 1.30. The Bertz CT molecular complexity index is 489. The summed E-state index contributed by atoms with van der Waals surface area (Å²) in [6.45, 7) is 0. The van der Waals surface area contributed by atoms with E-state index in [1.807, 2.05) is 0 Å². The van der Waals surface area contributed by atoms with Gasteiger partial charge in [-0.15, -0.1) is 0 Å². The van der Waals surface area contributed by atoms with Crippen LogP contribution in [0.15, 0.2) is 30.7 Å². The van der Waals surface area contributed by atoms with E-state index < -0.39 is 6.09 Å². The molecule has 5 heteroatoms. The van der Waals surface area contributed by atoms with Crippen molar-refractivity contribution in [3.8, 4) is 0 Å². The van der Waals surface area contributed by atoms with Crippen molar-refractivity contribution in [1.29, 1.82) is 0 Å². The highest BCUT2D eigenvalue weighted by atomic mass is 16.4. The van der Waals surface area contributed by atoms with Gasteiger partial charge >= 0.3 is 7.52 Å². The number of hydrogen-bond acceptors (Lipinski definition) is 3. The minimum Gasteiger partial charge on any atom is -0.465 e. The summed E-state index contributed by atoms with van der Waals surface area (Å²) >= 11 is 0. The van der Waals surface area contributed by atoms with Gasteiger partial charge in [-0.2, -0.15) is 0 Å². The molecule has 14 heavy (non-hydrogen) atoms. The van der Waals surface area contributed by atoms with Crippen LogP contribution in [0, 0.1) is 0 Å². The fraction of sp³-hybridized carbons (Fsp3) is 0. The highest BCUT2D eigenvalue weighted by molar-refractivity contribution is 5.88. The zero-order valence-corrected chi connectivity index (χ0v) is 7.14. The Hall–Kier alpha value is -2.17. The predicted octanol–water partition coefficient (Wildman–Crippen LogP) is 1.83. The highest BCUT2D eigenvalue weighted by Gasteiger charge is 1.99. The number of benzene rings is 1. The molecule has 0 saturated carbocycles. The van der Waals surface area contributed by atoms with Crippen LogP contribution in [-0.4, -0.2) is 21.2 Å². The monoisotopic (exact) mass is 190 g/mol. The highest BCUT2D eigenvalue weighted by Crippen LogP contribution is 2.15. The second kappa shape index (κ2) is 3.29. The number of nitrogens with zero attached hydrogens (tertiary/aromatic N) is 2. The number of hydrogen-bond donors (Lipinski definition) is 2. The van der Waals surface area contributed by atoms with Crippen LogP contribution in [0.5, 0.6) is 0 Å². The van der Waals surface area contributed by atoms with Crippen LogP contribution in [-0.2, 0) is 0 Å². The molecule has 0 atom stereocenters. The summed E-state index contributed by atoms with van der Waals surface area (Å²) in [7, 11) is 0. The zero-order chi connectivity index (χ0) is 9.97. The molecule has 1 heterocycles. The first-order valence-corrected chi connectivity index (χ1v) is 3.95. The molecule has 0 aliphatic rings. The van der Waals surface area contributed by atoms with E-state index in [1.165, 1.54) is 6.33 Å². The van der Waals surface area contributed by atoms with E-state index in [0.717, 1.165) is 10.9 Å². The quantitative estimate of drug-likeness (QED) is 0.719. The van der Waals surface area contributed by atoms with Crippen LogP contribution in [0.3, 0.4) is 0 Å². The summed E-state index contributed by atoms with van der Waals surface area (Å²) in [6, 6.07) is 5.08. The number of carboxylic acid groups (broad SMARTS) is 1. The van der Waals surface area contributed by atoms with E-state index in [9.17, 15) is 4.79 Å². The Kier molecular flexibility index (Phi) is 1.98. The van der Waals surface area contributed by atoms with Crippen LogP contribution in [0.25, 0.3) is 10.9 Å². The normalized spacial score (nSPS) is 10.0. The molecule has 2 N–H and O–H groups in total. The van der Waals surface area contributed by atoms with Crippen molar-refractivity contribution in [1.82, 2.24) is 9.97 Å². The van der Waals surface area contributed by atoms with Gasteiger partial charge in [-0.1, -0.05) is 0 Å². The Morgan fingerprint density at radius 2 is 2.36 bits per heavy atom. The molecule has 0 radical (unpaired) electrons. The van der Waals surface area contributed by atoms with Crippen LogP contribution in [0.1, 0.15) is 1.43 Å². The first kappa shape index (κ1) is 8.43. The number of fused-ring (bicyclic) bond motifs is 1. The maximum absolute atomic E-state index is 10.4. The lowest BCUT2D eigenvalue weighted by Gasteiger charge is -2.01. The molecule has 1 aromatic carbocycles. The minimum atomic E-state index is -1.08. The summed E-state index contributed by atoms with van der Waals surface area (Å²) in [5, 5.41) is 11.6. The van der Waals surface area contributed by atoms with E-state index in [1.54, 1.807) is 24.4 Å². The van der Waals surface area contributed by atoms with Gasteiger partial charge in [-0.3, -0.25) is 5.32 Å². The van der Waals surface area contributed by atoms with Crippen molar-refractivity contribution >= 4 is 22.7 Å². The maximum atomic E-state index is 10.4. The van der Waals surface area contributed by atoms with Crippen LogP contribution < -0.4 is 5.32 Å². The molecular weight excluding hydrogens is 182 g/mol. The molecule has 0 unspecified atom stereocenters. The van der Waals surface area contributed by atoms with Crippen molar-refractivity contribution in [2.75, 3.05) is 5.32 Å². The van der Waals surface area contributed by atoms with Gasteiger partial charge in [0.25, 0.3) is 0 Å². The first-order chi connectivity index (χ1) is 6.75. The van der Waals surface area contributed by atoms with Gasteiger partial charge in [0.15, 0.2) is 0 Å². The molecule has 0 saturated heterocycles. The molecule has 0 fully saturated rings. The molecule has 0 aliphatic carbocycles. The molecule has 0 bridgehead atoms. The maximum Gasteiger partial charge on any atom is 1.00 e. The molecule has 2 aromatic rings. The summed E-state index contributed by atoms with van der Waals surface area (Å²) in [6.07, 6.45) is 2.00. The van der Waals surface area contributed by atoms with Crippen molar-refractivity contribution in [2.45, 2.75) is 0 Å². The Morgan fingerprint density at radius 3 is 3.14 bits per heavy atom. The van der Waals surface area contributed by atoms with E-state index in [2.05, 4.69) is 15.3 Å². The number of nitrogens with one attached hydrogen (secondary N) is 1. The lowest BCUT2D eigenvalue weighted by atomic mass is 10.2. The van der Waals surface area contributed by atoms with Crippen LogP contribution in [0.2, 0.25) is 0 Å². The number of aromatic nitrogens is 2. The van der Waals surface area contributed by atoms with Gasteiger partial charge in [-0.05, 0) is 18.2 Å². The van der Waals surface area contributed by atoms with Crippen molar-refractivity contribution in [3.05, 3.63) is 30.7 Å². The van der Waals surface area contributed by atoms with E-state index in [4.69, 9.17) is 5.11 Å². The first-order valence-electron chi connectivity index (χ1n) is 3.95. The fourth-order valence-electron chi connectivity index (χ4n) is 1.19. The van der Waals surface area contributed by atoms with Gasteiger partial charge in [0.2, 0.25) is 0 Å². The second-order valence-electron chi connectivity index (χ2n) is 2.73. The molecule has 0 aliphatic heterocycles. The third-order valence-electron chi connectivity index (χ3n) is 1.76. The van der Waals surface area contributed by atoms with Crippen molar-refractivity contribution < 1.29 is 11.3 Å². The summed E-state index contributed by atoms with van der Waals surface area (Å²) in [5.74, 6) is 0. The van der Waals surface area contributed by atoms with Crippen LogP contribution in [0.4, 0.5) is 10.5 Å². The smallest absolute Gasteiger partial charge is 0.465 e. The molecule has 70 valence electrons. The Balaban J connectivity index is 0.00000112. The van der Waals surface area contributed by atoms with Gasteiger partial charge in [0.1, 0.15) is 6.33 Å². The third-order valence-corrected chi connectivity index (χ3v) is 1.76. The van der Waals surface area contributed by atoms with Gasteiger partial charge in [0.05, 0.1) is 5.52 Å². The zero-order valence-electron chi connectivity index (χ0n) is 8.14. The molecule has 1 aromatic heterocycles. The SMILES string of the molecule is O=C(O)Nc1ccc2ncncc2c1.[H+]. The topological polar surface area (TPSA) is 75.1 Å².